The zero-order valence-corrected chi connectivity index (χ0v) is 12.2. The first kappa shape index (κ1) is 14.6. The summed E-state index contributed by atoms with van der Waals surface area (Å²) in [6.07, 6.45) is 2.29. The van der Waals surface area contributed by atoms with Crippen LogP contribution in [-0.2, 0) is 11.2 Å². The summed E-state index contributed by atoms with van der Waals surface area (Å²) in [6.45, 7) is 6.01. The molecule has 1 aromatic heterocycles. The standard InChI is InChI=1S/C16H21FN2O/c1-4-5-10(2)18-16(20)9-13-11(3)19-15-7-6-12(17)8-14(13)15/h6-8,10,19H,4-5,9H2,1-3H3,(H,18,20)/t10-/m1/s1. The number of hydrogen-bond donors (Lipinski definition) is 2. The Morgan fingerprint density at radius 1 is 1.45 bits per heavy atom. The molecule has 20 heavy (non-hydrogen) atoms. The number of nitrogens with one attached hydrogen (secondary N) is 2. The van der Waals surface area contributed by atoms with Crippen LogP contribution in [0.5, 0.6) is 0 Å². The number of carbonyl (C=O) groups excluding carboxylic acids is 1. The number of amides is 1. The minimum atomic E-state index is -0.280. The first-order valence-corrected chi connectivity index (χ1v) is 7.07. The molecule has 1 aromatic carbocycles. The average molecular weight is 276 g/mol. The van der Waals surface area contributed by atoms with E-state index in [-0.39, 0.29) is 24.2 Å². The molecule has 0 saturated carbocycles. The molecule has 1 heterocycles. The van der Waals surface area contributed by atoms with Crippen LogP contribution in [0.3, 0.4) is 0 Å². The summed E-state index contributed by atoms with van der Waals surface area (Å²) in [7, 11) is 0. The van der Waals surface area contributed by atoms with E-state index >= 15 is 0 Å². The number of carbonyl (C=O) groups is 1. The van der Waals surface area contributed by atoms with Crippen LogP contribution in [0.2, 0.25) is 0 Å². The third kappa shape index (κ3) is 3.18. The van der Waals surface area contributed by atoms with E-state index in [1.54, 1.807) is 6.07 Å². The summed E-state index contributed by atoms with van der Waals surface area (Å²) in [5.41, 5.74) is 2.66. The molecule has 3 nitrogen and oxygen atoms in total. The van der Waals surface area contributed by atoms with Crippen molar-refractivity contribution in [3.63, 3.8) is 0 Å². The van der Waals surface area contributed by atoms with E-state index in [1.165, 1.54) is 12.1 Å². The second-order valence-corrected chi connectivity index (χ2v) is 5.35. The second kappa shape index (κ2) is 6.07. The van der Waals surface area contributed by atoms with Crippen LogP contribution in [0.25, 0.3) is 10.9 Å². The van der Waals surface area contributed by atoms with Crippen LogP contribution < -0.4 is 5.32 Å². The molecule has 0 spiro atoms. The van der Waals surface area contributed by atoms with Crippen LogP contribution >= 0.6 is 0 Å². The van der Waals surface area contributed by atoms with Crippen LogP contribution in [0.15, 0.2) is 18.2 Å². The number of aromatic amines is 1. The Hall–Kier alpha value is -1.84. The molecule has 0 aliphatic carbocycles. The number of hydrogen-bond acceptors (Lipinski definition) is 1. The van der Waals surface area contributed by atoms with Crippen molar-refractivity contribution in [3.8, 4) is 0 Å². The Morgan fingerprint density at radius 3 is 2.90 bits per heavy atom. The van der Waals surface area contributed by atoms with Crippen molar-refractivity contribution in [1.29, 1.82) is 0 Å². The summed E-state index contributed by atoms with van der Waals surface area (Å²) < 4.78 is 13.4. The molecule has 4 heteroatoms. The highest BCUT2D eigenvalue weighted by molar-refractivity contribution is 5.90. The number of H-pyrrole nitrogens is 1. The lowest BCUT2D eigenvalue weighted by molar-refractivity contribution is -0.121. The van der Waals surface area contributed by atoms with E-state index in [2.05, 4.69) is 17.2 Å². The Morgan fingerprint density at radius 2 is 2.20 bits per heavy atom. The summed E-state index contributed by atoms with van der Waals surface area (Å²) in [5.74, 6) is -0.295. The minimum absolute atomic E-state index is 0.0146. The molecule has 2 aromatic rings. The molecule has 0 bridgehead atoms. The van der Waals surface area contributed by atoms with E-state index in [1.807, 2.05) is 13.8 Å². The van der Waals surface area contributed by atoms with Gasteiger partial charge in [0.2, 0.25) is 5.91 Å². The van der Waals surface area contributed by atoms with Gasteiger partial charge < -0.3 is 10.3 Å². The van der Waals surface area contributed by atoms with Gasteiger partial charge in [-0.3, -0.25) is 4.79 Å². The highest BCUT2D eigenvalue weighted by atomic mass is 19.1. The predicted molar refractivity (Wildman–Crippen MR) is 79.2 cm³/mol. The summed E-state index contributed by atoms with van der Waals surface area (Å²) in [5, 5.41) is 3.77. The monoisotopic (exact) mass is 276 g/mol. The van der Waals surface area contributed by atoms with E-state index in [4.69, 9.17) is 0 Å². The number of halogens is 1. The minimum Gasteiger partial charge on any atom is -0.358 e. The third-order valence-electron chi connectivity index (χ3n) is 3.55. The van der Waals surface area contributed by atoms with Gasteiger partial charge in [0.05, 0.1) is 6.42 Å². The summed E-state index contributed by atoms with van der Waals surface area (Å²) in [6, 6.07) is 4.79. The van der Waals surface area contributed by atoms with E-state index in [0.717, 1.165) is 35.0 Å². The summed E-state index contributed by atoms with van der Waals surface area (Å²) in [4.78, 5) is 15.2. The van der Waals surface area contributed by atoms with Gasteiger partial charge in [-0.25, -0.2) is 4.39 Å². The first-order chi connectivity index (χ1) is 9.51. The van der Waals surface area contributed by atoms with Crippen molar-refractivity contribution in [2.45, 2.75) is 46.1 Å². The van der Waals surface area contributed by atoms with Gasteiger partial charge in [-0.1, -0.05) is 13.3 Å². The van der Waals surface area contributed by atoms with Gasteiger partial charge in [0.25, 0.3) is 0 Å². The topological polar surface area (TPSA) is 44.9 Å². The number of aromatic nitrogens is 1. The molecule has 0 radical (unpaired) electrons. The van der Waals surface area contributed by atoms with Gasteiger partial charge in [0.15, 0.2) is 0 Å². The lowest BCUT2D eigenvalue weighted by atomic mass is 10.1. The highest BCUT2D eigenvalue weighted by Gasteiger charge is 2.14. The van der Waals surface area contributed by atoms with Crippen molar-refractivity contribution < 1.29 is 9.18 Å². The Labute approximate surface area is 118 Å². The van der Waals surface area contributed by atoms with Gasteiger partial charge in [-0.15, -0.1) is 0 Å². The van der Waals surface area contributed by atoms with Gasteiger partial charge in [-0.2, -0.15) is 0 Å². The zero-order chi connectivity index (χ0) is 14.7. The SMILES string of the molecule is CCC[C@@H](C)NC(=O)Cc1c(C)[nH]c2ccc(F)cc12. The first-order valence-electron chi connectivity index (χ1n) is 7.07. The number of aryl methyl sites for hydroxylation is 1. The van der Waals surface area contributed by atoms with Gasteiger partial charge in [0, 0.05) is 22.6 Å². The maximum Gasteiger partial charge on any atom is 0.224 e. The molecule has 0 fully saturated rings. The maximum atomic E-state index is 13.4. The molecule has 108 valence electrons. The fraction of sp³-hybridized carbons (Fsp3) is 0.438. The quantitative estimate of drug-likeness (QED) is 0.863. The van der Waals surface area contributed by atoms with Crippen molar-refractivity contribution >= 4 is 16.8 Å². The van der Waals surface area contributed by atoms with Crippen molar-refractivity contribution in [2.24, 2.45) is 0 Å². The molecule has 0 saturated heterocycles. The summed E-state index contributed by atoms with van der Waals surface area (Å²) >= 11 is 0. The molecular formula is C16H21FN2O. The van der Waals surface area contributed by atoms with Gasteiger partial charge >= 0.3 is 0 Å². The lowest BCUT2D eigenvalue weighted by Gasteiger charge is -2.12. The van der Waals surface area contributed by atoms with Crippen molar-refractivity contribution in [3.05, 3.63) is 35.3 Å². The fourth-order valence-corrected chi connectivity index (χ4v) is 2.57. The smallest absolute Gasteiger partial charge is 0.224 e. The second-order valence-electron chi connectivity index (χ2n) is 5.35. The lowest BCUT2D eigenvalue weighted by Crippen LogP contribution is -2.33. The molecule has 2 N–H and O–H groups in total. The predicted octanol–water partition coefficient (Wildman–Crippen LogP) is 3.46. The molecule has 1 atom stereocenters. The maximum absolute atomic E-state index is 13.4. The number of fused-ring (bicyclic) bond motifs is 1. The Kier molecular flexibility index (Phi) is 4.42. The van der Waals surface area contributed by atoms with E-state index in [9.17, 15) is 9.18 Å². The number of rotatable bonds is 5. The van der Waals surface area contributed by atoms with Gasteiger partial charge in [-0.05, 0) is 44.0 Å². The fourth-order valence-electron chi connectivity index (χ4n) is 2.57. The van der Waals surface area contributed by atoms with E-state index in [0.29, 0.717) is 0 Å². The van der Waals surface area contributed by atoms with Crippen molar-refractivity contribution in [2.75, 3.05) is 0 Å². The Balaban J connectivity index is 2.18. The van der Waals surface area contributed by atoms with Crippen LogP contribution in [-0.4, -0.2) is 16.9 Å². The molecule has 0 aliphatic rings. The molecular weight excluding hydrogens is 255 g/mol. The molecule has 0 aliphatic heterocycles. The zero-order valence-electron chi connectivity index (χ0n) is 12.2. The molecule has 2 rings (SSSR count). The average Bonchev–Trinajstić information content (AvgIpc) is 2.66. The highest BCUT2D eigenvalue weighted by Crippen LogP contribution is 2.23. The van der Waals surface area contributed by atoms with E-state index < -0.39 is 0 Å². The molecule has 0 unspecified atom stereocenters. The van der Waals surface area contributed by atoms with Crippen LogP contribution in [0.1, 0.15) is 37.9 Å². The normalized spacial score (nSPS) is 12.6. The Bertz CT molecular complexity index is 618. The largest absolute Gasteiger partial charge is 0.358 e. The van der Waals surface area contributed by atoms with Gasteiger partial charge in [0.1, 0.15) is 5.82 Å². The number of benzene rings is 1. The van der Waals surface area contributed by atoms with Crippen molar-refractivity contribution in [1.82, 2.24) is 10.3 Å². The molecule has 1 amide bonds. The van der Waals surface area contributed by atoms with Crippen LogP contribution in [0.4, 0.5) is 4.39 Å². The third-order valence-corrected chi connectivity index (χ3v) is 3.55. The van der Waals surface area contributed by atoms with Crippen LogP contribution in [0, 0.1) is 12.7 Å².